The van der Waals surface area contributed by atoms with Gasteiger partial charge in [-0.05, 0) is 56.5 Å². The van der Waals surface area contributed by atoms with E-state index in [1.54, 1.807) is 13.2 Å². The average molecular weight is 543 g/mol. The fourth-order valence-electron chi connectivity index (χ4n) is 5.09. The summed E-state index contributed by atoms with van der Waals surface area (Å²) in [5.74, 6) is 2.46. The second-order valence-corrected chi connectivity index (χ2v) is 9.05. The van der Waals surface area contributed by atoms with Gasteiger partial charge in [-0.3, -0.25) is 4.79 Å². The van der Waals surface area contributed by atoms with Crippen molar-refractivity contribution < 1.29 is 23.7 Å². The average Bonchev–Trinajstić information content (AvgIpc) is 3.15. The maximum atomic E-state index is 13.8. The minimum Gasteiger partial charge on any atom is -0.492 e. The Kier molecular flexibility index (Phi) is 11.0. The van der Waals surface area contributed by atoms with E-state index in [-0.39, 0.29) is 30.7 Å². The molecule has 0 unspecified atom stereocenters. The number of nitrogens with two attached hydrogens (primary N) is 1. The van der Waals surface area contributed by atoms with Crippen LogP contribution in [0.5, 0.6) is 28.7 Å². The normalized spacial score (nSPS) is 19.0. The minimum atomic E-state index is -0.0897. The van der Waals surface area contributed by atoms with E-state index in [0.29, 0.717) is 59.4 Å². The molecule has 2 atom stereocenters. The van der Waals surface area contributed by atoms with Gasteiger partial charge in [-0.25, -0.2) is 0 Å². The van der Waals surface area contributed by atoms with Crippen LogP contribution >= 0.6 is 24.8 Å². The molecule has 5 rings (SSSR count). The van der Waals surface area contributed by atoms with Crippen LogP contribution in [0.15, 0.2) is 30.3 Å². The Morgan fingerprint density at radius 3 is 2.19 bits per heavy atom. The zero-order valence-electron chi connectivity index (χ0n) is 21.3. The van der Waals surface area contributed by atoms with Gasteiger partial charge in [0.15, 0.2) is 11.5 Å². The standard InChI is InChI=1S/C26H35N3O5.2ClH/c1-28-14-18-5-8-19(28)16-29(15-18)26(30)21-13-22(24(32-3)25(33-4)23(21)31-2)34-20-9-6-17(7-10-20)11-12-27;;/h6-7,9-10,13,18-19H,5,8,11-12,14-16,27H2,1-4H3;2*1H/t18-,19-;;/m0../s1. The molecule has 1 amide bonds. The largest absolute Gasteiger partial charge is 0.492 e. The first-order valence-electron chi connectivity index (χ1n) is 11.8. The number of carbonyl (C=O) groups is 1. The molecule has 0 saturated carbocycles. The summed E-state index contributed by atoms with van der Waals surface area (Å²) in [6.45, 7) is 3.04. The van der Waals surface area contributed by atoms with Gasteiger partial charge in [0.05, 0.1) is 26.9 Å². The third-order valence-electron chi connectivity index (χ3n) is 6.86. The number of ether oxygens (including phenoxy) is 4. The molecule has 3 saturated heterocycles. The van der Waals surface area contributed by atoms with E-state index in [2.05, 4.69) is 11.9 Å². The highest BCUT2D eigenvalue weighted by molar-refractivity contribution is 5.99. The maximum absolute atomic E-state index is 13.8. The third-order valence-corrected chi connectivity index (χ3v) is 6.86. The van der Waals surface area contributed by atoms with Gasteiger partial charge < -0.3 is 34.5 Å². The van der Waals surface area contributed by atoms with Gasteiger partial charge in [-0.15, -0.1) is 24.8 Å². The van der Waals surface area contributed by atoms with Crippen LogP contribution < -0.4 is 24.7 Å². The maximum Gasteiger partial charge on any atom is 0.257 e. The third kappa shape index (κ3) is 6.11. The molecule has 8 nitrogen and oxygen atoms in total. The lowest BCUT2D eigenvalue weighted by Gasteiger charge is -2.32. The summed E-state index contributed by atoms with van der Waals surface area (Å²) in [4.78, 5) is 18.1. The SMILES string of the molecule is COc1c(Oc2ccc(CCN)cc2)cc(C(=O)N2C[C@H]3CC[C@@H](C2)N(C)C3)c(OC)c1OC.Cl.Cl. The number of hydrogen-bond acceptors (Lipinski definition) is 7. The molecule has 36 heavy (non-hydrogen) atoms. The van der Waals surface area contributed by atoms with Crippen LogP contribution in [0, 0.1) is 5.92 Å². The quantitative estimate of drug-likeness (QED) is 0.540. The lowest BCUT2D eigenvalue weighted by Crippen LogP contribution is -2.42. The van der Waals surface area contributed by atoms with Crippen molar-refractivity contribution in [3.8, 4) is 28.7 Å². The van der Waals surface area contributed by atoms with E-state index in [9.17, 15) is 4.79 Å². The number of hydrogen-bond donors (Lipinski definition) is 1. The summed E-state index contributed by atoms with van der Waals surface area (Å²) in [5.41, 5.74) is 7.18. The second-order valence-electron chi connectivity index (χ2n) is 9.05. The lowest BCUT2D eigenvalue weighted by atomic mass is 9.96. The van der Waals surface area contributed by atoms with Crippen LogP contribution in [-0.2, 0) is 6.42 Å². The summed E-state index contributed by atoms with van der Waals surface area (Å²) in [6.07, 6.45) is 3.06. The van der Waals surface area contributed by atoms with Gasteiger partial charge in [-0.1, -0.05) is 12.1 Å². The lowest BCUT2D eigenvalue weighted by molar-refractivity contribution is 0.0738. The van der Waals surface area contributed by atoms with Crippen molar-refractivity contribution in [2.75, 3.05) is 54.6 Å². The van der Waals surface area contributed by atoms with Gasteiger partial charge in [0.1, 0.15) is 5.75 Å². The number of carbonyl (C=O) groups excluding carboxylic acids is 1. The topological polar surface area (TPSA) is 86.5 Å². The number of rotatable bonds is 8. The van der Waals surface area contributed by atoms with E-state index in [0.717, 1.165) is 37.9 Å². The Morgan fingerprint density at radius 1 is 0.944 bits per heavy atom. The monoisotopic (exact) mass is 541 g/mol. The molecule has 2 N–H and O–H groups in total. The number of amides is 1. The Hall–Kier alpha value is -2.39. The predicted molar refractivity (Wildman–Crippen MR) is 145 cm³/mol. The van der Waals surface area contributed by atoms with Crippen molar-refractivity contribution in [2.24, 2.45) is 11.7 Å². The van der Waals surface area contributed by atoms with Crippen molar-refractivity contribution in [3.63, 3.8) is 0 Å². The van der Waals surface area contributed by atoms with Crippen molar-refractivity contribution in [1.82, 2.24) is 9.80 Å². The molecule has 3 aliphatic rings. The van der Waals surface area contributed by atoms with Crippen molar-refractivity contribution in [3.05, 3.63) is 41.5 Å². The molecule has 2 aromatic rings. The van der Waals surface area contributed by atoms with Crippen LogP contribution in [-0.4, -0.2) is 76.3 Å². The number of benzene rings is 2. The van der Waals surface area contributed by atoms with E-state index < -0.39 is 0 Å². The number of methoxy groups -OCH3 is 3. The van der Waals surface area contributed by atoms with Crippen LogP contribution in [0.25, 0.3) is 0 Å². The zero-order chi connectivity index (χ0) is 24.2. The smallest absolute Gasteiger partial charge is 0.257 e. The first-order valence-corrected chi connectivity index (χ1v) is 11.8. The van der Waals surface area contributed by atoms with E-state index in [4.69, 9.17) is 24.7 Å². The molecule has 0 aliphatic carbocycles. The predicted octanol–water partition coefficient (Wildman–Crippen LogP) is 4.02. The Morgan fingerprint density at radius 2 is 1.61 bits per heavy atom. The molecule has 0 spiro atoms. The molecular formula is C26H37Cl2N3O5. The summed E-state index contributed by atoms with van der Waals surface area (Å²) in [5, 5.41) is 0. The van der Waals surface area contributed by atoms with Crippen molar-refractivity contribution in [1.29, 1.82) is 0 Å². The van der Waals surface area contributed by atoms with Gasteiger partial charge in [0.2, 0.25) is 11.5 Å². The summed E-state index contributed by atoms with van der Waals surface area (Å²) >= 11 is 0. The van der Waals surface area contributed by atoms with E-state index in [1.807, 2.05) is 29.2 Å². The molecule has 0 radical (unpaired) electrons. The summed E-state index contributed by atoms with van der Waals surface area (Å²) < 4.78 is 23.1. The molecule has 2 bridgehead atoms. The van der Waals surface area contributed by atoms with Crippen LogP contribution in [0.1, 0.15) is 28.8 Å². The van der Waals surface area contributed by atoms with E-state index >= 15 is 0 Å². The molecule has 3 aliphatic heterocycles. The highest BCUT2D eigenvalue weighted by Gasteiger charge is 2.37. The number of nitrogens with zero attached hydrogens (tertiary/aromatic N) is 2. The highest BCUT2D eigenvalue weighted by atomic mass is 35.5. The Labute approximate surface area is 225 Å². The molecule has 3 heterocycles. The zero-order valence-corrected chi connectivity index (χ0v) is 23.0. The fourth-order valence-corrected chi connectivity index (χ4v) is 5.09. The van der Waals surface area contributed by atoms with E-state index in [1.165, 1.54) is 14.2 Å². The molecular weight excluding hydrogens is 505 g/mol. The first kappa shape index (κ1) is 29.8. The number of halogens is 2. The molecule has 2 aromatic carbocycles. The molecule has 200 valence electrons. The van der Waals surface area contributed by atoms with Gasteiger partial charge in [-0.2, -0.15) is 0 Å². The number of likely N-dealkylation sites (N-methyl/N-ethyl adjacent to an activating group) is 1. The summed E-state index contributed by atoms with van der Waals surface area (Å²) in [7, 11) is 6.75. The van der Waals surface area contributed by atoms with Gasteiger partial charge in [0.25, 0.3) is 5.91 Å². The van der Waals surface area contributed by atoms with Gasteiger partial charge >= 0.3 is 0 Å². The van der Waals surface area contributed by atoms with Crippen LogP contribution in [0.2, 0.25) is 0 Å². The fraction of sp³-hybridized carbons (Fsp3) is 0.500. The van der Waals surface area contributed by atoms with Crippen molar-refractivity contribution >= 4 is 30.7 Å². The number of piperidine rings is 1. The van der Waals surface area contributed by atoms with Crippen LogP contribution in [0.4, 0.5) is 0 Å². The Balaban J connectivity index is 0.00000228. The molecule has 0 aromatic heterocycles. The van der Waals surface area contributed by atoms with Crippen LogP contribution in [0.3, 0.4) is 0 Å². The summed E-state index contributed by atoms with van der Waals surface area (Å²) in [6, 6.07) is 9.79. The molecule has 10 heteroatoms. The first-order chi connectivity index (χ1) is 16.5. The number of fused-ring (bicyclic) bond motifs is 4. The highest BCUT2D eigenvalue weighted by Crippen LogP contribution is 2.48. The Bertz CT molecular complexity index is 1020. The second kappa shape index (κ2) is 13.2. The minimum absolute atomic E-state index is 0. The van der Waals surface area contributed by atoms with Gasteiger partial charge in [0, 0.05) is 31.7 Å². The van der Waals surface area contributed by atoms with Crippen molar-refractivity contribution in [2.45, 2.75) is 25.3 Å². The molecule has 3 fully saturated rings.